The Morgan fingerprint density at radius 2 is 1.57 bits per heavy atom. The van der Waals surface area contributed by atoms with Gasteiger partial charge in [-0.2, -0.15) is 0 Å². The Kier molecular flexibility index (Phi) is 19.0. The third-order valence-electron chi connectivity index (χ3n) is 8.62. The molecule has 18 nitrogen and oxygen atoms in total. The second-order valence-electron chi connectivity index (χ2n) is 13.1. The Bertz CT molecular complexity index is 1440. The van der Waals surface area contributed by atoms with Crippen molar-refractivity contribution in [1.82, 2.24) is 30.2 Å². The molecular formula is C35H52N6O12S. The molecule has 300 valence electrons. The predicted molar refractivity (Wildman–Crippen MR) is 195 cm³/mol. The molecule has 1 fully saturated rings. The number of carboxylic acid groups (broad SMARTS) is 1. The van der Waals surface area contributed by atoms with E-state index in [0.717, 1.165) is 28.0 Å². The van der Waals surface area contributed by atoms with Crippen LogP contribution in [0.3, 0.4) is 0 Å². The molecule has 0 spiro atoms. The minimum Gasteiger partial charge on any atom is -0.480 e. The second-order valence-corrected chi connectivity index (χ2v) is 15.0. The van der Waals surface area contributed by atoms with Crippen LogP contribution in [0.4, 0.5) is 0 Å². The van der Waals surface area contributed by atoms with Crippen LogP contribution in [-0.4, -0.2) is 167 Å². The van der Waals surface area contributed by atoms with Crippen molar-refractivity contribution in [2.75, 3.05) is 72.7 Å². The molecule has 0 aliphatic carbocycles. The van der Waals surface area contributed by atoms with E-state index in [1.54, 1.807) is 0 Å². The molecule has 3 N–H and O–H groups in total. The molecule has 0 bridgehead atoms. The molecule has 2 rings (SSSR count). The Balaban J connectivity index is 1.61. The summed E-state index contributed by atoms with van der Waals surface area (Å²) in [6.45, 7) is 9.65. The highest BCUT2D eigenvalue weighted by Gasteiger charge is 2.41. The maximum Gasteiger partial charge on any atom is 0.326 e. The van der Waals surface area contributed by atoms with E-state index in [4.69, 9.17) is 14.6 Å². The van der Waals surface area contributed by atoms with Gasteiger partial charge in [-0.25, -0.2) is 4.79 Å². The van der Waals surface area contributed by atoms with E-state index in [2.05, 4.69) is 17.2 Å². The predicted octanol–water partition coefficient (Wildman–Crippen LogP) is -0.677. The average Bonchev–Trinajstić information content (AvgIpc) is 3.59. The zero-order valence-electron chi connectivity index (χ0n) is 31.3. The molecule has 0 radical (unpaired) electrons. The van der Waals surface area contributed by atoms with Crippen molar-refractivity contribution in [2.45, 2.75) is 68.9 Å². The van der Waals surface area contributed by atoms with Crippen LogP contribution in [0.2, 0.25) is 0 Å². The Morgan fingerprint density at radius 3 is 2.20 bits per heavy atom. The molecule has 8 amide bonds. The van der Waals surface area contributed by atoms with Crippen molar-refractivity contribution in [3.63, 3.8) is 0 Å². The van der Waals surface area contributed by atoms with E-state index in [1.165, 1.54) is 35.5 Å². The lowest BCUT2D eigenvalue weighted by molar-refractivity contribution is -0.148. The van der Waals surface area contributed by atoms with E-state index < -0.39 is 45.6 Å². The number of carboxylic acids is 1. The van der Waals surface area contributed by atoms with E-state index >= 15 is 0 Å². The SMILES string of the molecule is C=CC(=O)NCCN(CCN1C(=O)C=CC1=O)C(=O)CCC(=O)NCCOCCOCCN1C(=O)CC(SC(C)(C)CCC(=O)N(C)[C@@H](C)C(=O)O)C1=O. The van der Waals surface area contributed by atoms with Crippen LogP contribution in [0.1, 0.15) is 52.9 Å². The molecule has 0 aromatic heterocycles. The van der Waals surface area contributed by atoms with E-state index in [0.29, 0.717) is 6.42 Å². The summed E-state index contributed by atoms with van der Waals surface area (Å²) in [4.78, 5) is 114. The van der Waals surface area contributed by atoms with E-state index in [1.807, 2.05) is 13.8 Å². The number of carbonyl (C=O) groups excluding carboxylic acids is 8. The lowest BCUT2D eigenvalue weighted by Crippen LogP contribution is -2.44. The summed E-state index contributed by atoms with van der Waals surface area (Å²) >= 11 is 1.32. The summed E-state index contributed by atoms with van der Waals surface area (Å²) in [5.74, 6) is -4.21. The first-order valence-electron chi connectivity index (χ1n) is 17.6. The zero-order chi connectivity index (χ0) is 40.4. The smallest absolute Gasteiger partial charge is 0.326 e. The number of rotatable bonds is 26. The van der Waals surface area contributed by atoms with Crippen molar-refractivity contribution in [3.8, 4) is 0 Å². The normalized spacial score (nSPS) is 16.1. The van der Waals surface area contributed by atoms with Gasteiger partial charge in [0, 0.05) is 82.4 Å². The number of likely N-dealkylation sites (N-methyl/N-ethyl adjacent to an activating group) is 1. The highest BCUT2D eigenvalue weighted by molar-refractivity contribution is 8.02. The van der Waals surface area contributed by atoms with Crippen LogP contribution in [0, 0.1) is 0 Å². The molecule has 1 unspecified atom stereocenters. The van der Waals surface area contributed by atoms with Crippen molar-refractivity contribution < 1.29 is 57.7 Å². The first kappa shape index (κ1) is 45.5. The van der Waals surface area contributed by atoms with Crippen LogP contribution < -0.4 is 10.6 Å². The summed E-state index contributed by atoms with van der Waals surface area (Å²) in [6.07, 6.45) is 3.66. The number of carbonyl (C=O) groups is 9. The summed E-state index contributed by atoms with van der Waals surface area (Å²) in [5, 5.41) is 13.7. The molecule has 2 aliphatic heterocycles. The van der Waals surface area contributed by atoms with Gasteiger partial charge in [-0.15, -0.1) is 11.8 Å². The number of hydrogen-bond donors (Lipinski definition) is 3. The quantitative estimate of drug-likeness (QED) is 0.0563. The molecular weight excluding hydrogens is 728 g/mol. The number of nitrogens with one attached hydrogen (secondary N) is 2. The lowest BCUT2D eigenvalue weighted by Gasteiger charge is -2.28. The number of imide groups is 2. The van der Waals surface area contributed by atoms with E-state index in [-0.39, 0.29) is 115 Å². The summed E-state index contributed by atoms with van der Waals surface area (Å²) in [6, 6.07) is -0.954. The highest BCUT2D eigenvalue weighted by Crippen LogP contribution is 2.38. The van der Waals surface area contributed by atoms with Gasteiger partial charge in [0.05, 0.1) is 38.2 Å². The van der Waals surface area contributed by atoms with Crippen molar-refractivity contribution in [1.29, 1.82) is 0 Å². The zero-order valence-corrected chi connectivity index (χ0v) is 32.2. The van der Waals surface area contributed by atoms with Crippen molar-refractivity contribution in [2.24, 2.45) is 0 Å². The first-order chi connectivity index (χ1) is 25.5. The lowest BCUT2D eigenvalue weighted by atomic mass is 10.1. The van der Waals surface area contributed by atoms with Crippen molar-refractivity contribution in [3.05, 3.63) is 24.8 Å². The van der Waals surface area contributed by atoms with E-state index in [9.17, 15) is 43.2 Å². The standard InChI is InChI=1S/C35H52N6O12S/c1-6-26(42)36-13-15-39(16-17-40-30(46)9-10-31(40)47)29(45)8-7-27(43)37-14-19-52-21-22-53-20-18-41-32(48)23-25(33(41)49)54-35(3,4)12-11-28(44)38(5)24(2)34(50)51/h6,9-10,24-25H,1,7-8,11-23H2,2-5H3,(H,36,42)(H,37,43)(H,50,51)/t24-,25?/m0/s1. The molecule has 19 heteroatoms. The summed E-state index contributed by atoms with van der Waals surface area (Å²) in [5.41, 5.74) is 0. The number of aliphatic carboxylic acids is 1. The van der Waals surface area contributed by atoms with Gasteiger partial charge in [0.15, 0.2) is 0 Å². The monoisotopic (exact) mass is 780 g/mol. The summed E-state index contributed by atoms with van der Waals surface area (Å²) < 4.78 is 10.5. The molecule has 2 heterocycles. The summed E-state index contributed by atoms with van der Waals surface area (Å²) in [7, 11) is 1.44. The van der Waals surface area contributed by atoms with Gasteiger partial charge in [0.2, 0.25) is 35.4 Å². The number of thioether (sulfide) groups is 1. The molecule has 2 atom stereocenters. The molecule has 1 saturated heterocycles. The third kappa shape index (κ3) is 15.4. The minimum atomic E-state index is -1.10. The average molecular weight is 781 g/mol. The molecule has 0 aromatic rings. The fourth-order valence-corrected chi connectivity index (χ4v) is 6.66. The highest BCUT2D eigenvalue weighted by atomic mass is 32.2. The Hall–Kier alpha value is -4.62. The largest absolute Gasteiger partial charge is 0.480 e. The first-order valence-corrected chi connectivity index (χ1v) is 18.5. The fraction of sp³-hybridized carbons (Fsp3) is 0.629. The number of amides is 8. The fourth-order valence-electron chi connectivity index (χ4n) is 5.22. The maximum absolute atomic E-state index is 13.0. The van der Waals surface area contributed by atoms with Gasteiger partial charge in [0.1, 0.15) is 6.04 Å². The maximum atomic E-state index is 13.0. The van der Waals surface area contributed by atoms with Crippen LogP contribution in [-0.2, 0) is 52.6 Å². The van der Waals surface area contributed by atoms with Crippen LogP contribution in [0.5, 0.6) is 0 Å². The third-order valence-corrected chi connectivity index (χ3v) is 10.1. The van der Waals surface area contributed by atoms with Gasteiger partial charge in [0.25, 0.3) is 11.8 Å². The molecule has 2 aliphatic rings. The Labute approximate surface area is 318 Å². The van der Waals surface area contributed by atoms with Gasteiger partial charge < -0.3 is 35.0 Å². The number of hydrogen-bond acceptors (Lipinski definition) is 12. The molecule has 54 heavy (non-hydrogen) atoms. The number of nitrogens with zero attached hydrogens (tertiary/aromatic N) is 4. The van der Waals surface area contributed by atoms with Gasteiger partial charge in [-0.1, -0.05) is 20.4 Å². The van der Waals surface area contributed by atoms with Crippen molar-refractivity contribution >= 4 is 65.0 Å². The second kappa shape index (κ2) is 22.6. The minimum absolute atomic E-state index is 0.0316. The number of ether oxygens (including phenoxy) is 2. The number of likely N-dealkylation sites (tertiary alicyclic amines) is 1. The van der Waals surface area contributed by atoms with Crippen LogP contribution in [0.25, 0.3) is 0 Å². The van der Waals surface area contributed by atoms with Crippen LogP contribution >= 0.6 is 11.8 Å². The molecule has 0 saturated carbocycles. The topological polar surface area (TPSA) is 229 Å². The molecule has 0 aromatic carbocycles. The van der Waals surface area contributed by atoms with Gasteiger partial charge >= 0.3 is 5.97 Å². The van der Waals surface area contributed by atoms with Gasteiger partial charge in [-0.3, -0.25) is 48.2 Å². The Morgan fingerprint density at radius 1 is 0.926 bits per heavy atom. The van der Waals surface area contributed by atoms with Crippen LogP contribution in [0.15, 0.2) is 24.8 Å². The van der Waals surface area contributed by atoms with Gasteiger partial charge in [-0.05, 0) is 19.4 Å².